The molecule has 25 heavy (non-hydrogen) atoms. The van der Waals surface area contributed by atoms with E-state index in [1.54, 1.807) is 12.1 Å². The molecule has 0 bridgehead atoms. The molecule has 0 heterocycles. The van der Waals surface area contributed by atoms with Gasteiger partial charge >= 0.3 is 0 Å². The van der Waals surface area contributed by atoms with Gasteiger partial charge in [0.15, 0.2) is 0 Å². The van der Waals surface area contributed by atoms with Crippen molar-refractivity contribution in [2.24, 2.45) is 5.10 Å². The van der Waals surface area contributed by atoms with Gasteiger partial charge in [-0.15, -0.1) is 0 Å². The fraction of sp³-hybridized carbons (Fsp3) is 0.222. The number of phenolic OH excluding ortho intramolecular Hbond substituents is 1. The largest absolute Gasteiger partial charge is 0.507 e. The van der Waals surface area contributed by atoms with Crippen molar-refractivity contribution in [3.05, 3.63) is 69.3 Å². The minimum absolute atomic E-state index is 0.0247. The molecule has 0 aliphatic rings. The predicted octanol–water partition coefficient (Wildman–Crippen LogP) is 3.36. The van der Waals surface area contributed by atoms with Crippen LogP contribution in [-0.2, 0) is 5.41 Å². The van der Waals surface area contributed by atoms with Crippen LogP contribution in [0.2, 0.25) is 0 Å². The van der Waals surface area contributed by atoms with Crippen LogP contribution in [0, 0.1) is 10.1 Å². The molecule has 0 radical (unpaired) electrons. The average molecular weight is 341 g/mol. The Morgan fingerprint density at radius 2 is 1.92 bits per heavy atom. The first kappa shape index (κ1) is 18.1. The SMILES string of the molecule is CC(C)(C)c1ccc(O)c(C=NNC(=O)c2ccccc2[N+](=O)[O-])c1. The van der Waals surface area contributed by atoms with Crippen molar-refractivity contribution in [2.45, 2.75) is 26.2 Å². The van der Waals surface area contributed by atoms with E-state index in [-0.39, 0.29) is 22.4 Å². The Kier molecular flexibility index (Phi) is 5.17. The second-order valence-corrected chi connectivity index (χ2v) is 6.50. The number of nitro groups is 1. The van der Waals surface area contributed by atoms with E-state index in [2.05, 4.69) is 10.5 Å². The Hall–Kier alpha value is -3.22. The highest BCUT2D eigenvalue weighted by Gasteiger charge is 2.19. The number of benzene rings is 2. The van der Waals surface area contributed by atoms with Gasteiger partial charge in [0.05, 0.1) is 11.1 Å². The van der Waals surface area contributed by atoms with Gasteiger partial charge in [-0.3, -0.25) is 14.9 Å². The molecule has 0 aliphatic carbocycles. The molecule has 0 fully saturated rings. The van der Waals surface area contributed by atoms with Crippen molar-refractivity contribution >= 4 is 17.8 Å². The van der Waals surface area contributed by atoms with Crippen LogP contribution in [0.5, 0.6) is 5.75 Å². The summed E-state index contributed by atoms with van der Waals surface area (Å²) in [5.41, 5.74) is 3.19. The Balaban J connectivity index is 2.19. The van der Waals surface area contributed by atoms with Gasteiger partial charge in [-0.25, -0.2) is 5.43 Å². The number of hydrogen-bond acceptors (Lipinski definition) is 5. The highest BCUT2D eigenvalue weighted by molar-refractivity contribution is 5.98. The van der Waals surface area contributed by atoms with Gasteiger partial charge in [0.2, 0.25) is 0 Å². The van der Waals surface area contributed by atoms with Crippen molar-refractivity contribution in [3.63, 3.8) is 0 Å². The molecule has 2 rings (SSSR count). The zero-order chi connectivity index (χ0) is 18.6. The Bertz CT molecular complexity index is 838. The van der Waals surface area contributed by atoms with Crippen LogP contribution in [0.1, 0.15) is 42.3 Å². The number of carbonyl (C=O) groups excluding carboxylic acids is 1. The summed E-state index contributed by atoms with van der Waals surface area (Å²) in [5, 5.41) is 24.7. The summed E-state index contributed by atoms with van der Waals surface area (Å²) in [4.78, 5) is 22.4. The lowest BCUT2D eigenvalue weighted by Gasteiger charge is -2.19. The third kappa shape index (κ3) is 4.41. The first-order valence-corrected chi connectivity index (χ1v) is 7.60. The normalized spacial score (nSPS) is 11.5. The monoisotopic (exact) mass is 341 g/mol. The zero-order valence-electron chi connectivity index (χ0n) is 14.2. The standard InChI is InChI=1S/C18H19N3O4/c1-18(2,3)13-8-9-16(22)12(10-13)11-19-20-17(23)14-6-4-5-7-15(14)21(24)25/h4-11,22H,1-3H3,(H,20,23). The number of rotatable bonds is 4. The zero-order valence-corrected chi connectivity index (χ0v) is 14.2. The number of nitrogens with zero attached hydrogens (tertiary/aromatic N) is 2. The van der Waals surface area contributed by atoms with Gasteiger partial charge in [-0.2, -0.15) is 5.10 Å². The van der Waals surface area contributed by atoms with E-state index in [4.69, 9.17) is 0 Å². The molecular weight excluding hydrogens is 322 g/mol. The van der Waals surface area contributed by atoms with Crippen LogP contribution in [0.3, 0.4) is 0 Å². The average Bonchev–Trinajstić information content (AvgIpc) is 2.55. The molecule has 2 aromatic carbocycles. The smallest absolute Gasteiger partial charge is 0.282 e. The first-order valence-electron chi connectivity index (χ1n) is 7.60. The number of nitro benzene ring substituents is 1. The van der Waals surface area contributed by atoms with Crippen molar-refractivity contribution in [2.75, 3.05) is 0 Å². The molecule has 0 saturated carbocycles. The molecule has 7 heteroatoms. The van der Waals surface area contributed by atoms with E-state index in [1.165, 1.54) is 30.5 Å². The Morgan fingerprint density at radius 3 is 2.56 bits per heavy atom. The number of carbonyl (C=O) groups is 1. The molecule has 0 unspecified atom stereocenters. The number of hydrazone groups is 1. The maximum Gasteiger partial charge on any atom is 0.282 e. The fourth-order valence-corrected chi connectivity index (χ4v) is 2.17. The molecule has 0 spiro atoms. The third-order valence-corrected chi connectivity index (χ3v) is 3.61. The summed E-state index contributed by atoms with van der Waals surface area (Å²) in [6.45, 7) is 6.11. The van der Waals surface area contributed by atoms with E-state index in [1.807, 2.05) is 26.8 Å². The lowest BCUT2D eigenvalue weighted by molar-refractivity contribution is -0.385. The lowest BCUT2D eigenvalue weighted by Crippen LogP contribution is -2.19. The molecule has 0 aromatic heterocycles. The highest BCUT2D eigenvalue weighted by atomic mass is 16.6. The fourth-order valence-electron chi connectivity index (χ4n) is 2.17. The molecule has 0 atom stereocenters. The van der Waals surface area contributed by atoms with E-state index >= 15 is 0 Å². The van der Waals surface area contributed by atoms with Gasteiger partial charge in [-0.05, 0) is 29.2 Å². The molecule has 7 nitrogen and oxygen atoms in total. The summed E-state index contributed by atoms with van der Waals surface area (Å²) in [6.07, 6.45) is 1.30. The summed E-state index contributed by atoms with van der Waals surface area (Å²) in [6, 6.07) is 10.8. The number of para-hydroxylation sites is 1. The molecule has 1 amide bonds. The molecule has 0 aliphatic heterocycles. The maximum atomic E-state index is 12.1. The van der Waals surface area contributed by atoms with Crippen LogP contribution in [0.4, 0.5) is 5.69 Å². The molecular formula is C18H19N3O4. The quantitative estimate of drug-likeness (QED) is 0.505. The van der Waals surface area contributed by atoms with Gasteiger partial charge in [0.1, 0.15) is 11.3 Å². The minimum atomic E-state index is -0.699. The van der Waals surface area contributed by atoms with Gasteiger partial charge in [-0.1, -0.05) is 39.0 Å². The van der Waals surface area contributed by atoms with Gasteiger partial charge in [0.25, 0.3) is 11.6 Å². The van der Waals surface area contributed by atoms with Gasteiger partial charge < -0.3 is 5.11 Å². The summed E-state index contributed by atoms with van der Waals surface area (Å²) in [5.74, 6) is -0.674. The minimum Gasteiger partial charge on any atom is -0.507 e. The Labute approximate surface area is 145 Å². The molecule has 0 saturated heterocycles. The van der Waals surface area contributed by atoms with Crippen LogP contribution in [0.25, 0.3) is 0 Å². The second-order valence-electron chi connectivity index (χ2n) is 6.50. The summed E-state index contributed by atoms with van der Waals surface area (Å²) in [7, 11) is 0. The van der Waals surface area contributed by atoms with Crippen molar-refractivity contribution in [3.8, 4) is 5.75 Å². The number of nitrogens with one attached hydrogen (secondary N) is 1. The van der Waals surface area contributed by atoms with Crippen molar-refractivity contribution in [1.29, 1.82) is 0 Å². The van der Waals surface area contributed by atoms with Gasteiger partial charge in [0, 0.05) is 11.6 Å². The lowest BCUT2D eigenvalue weighted by atomic mass is 9.86. The summed E-state index contributed by atoms with van der Waals surface area (Å²) < 4.78 is 0. The molecule has 2 aromatic rings. The van der Waals surface area contributed by atoms with Crippen molar-refractivity contribution in [1.82, 2.24) is 5.43 Å². The van der Waals surface area contributed by atoms with E-state index in [0.717, 1.165) is 5.56 Å². The maximum absolute atomic E-state index is 12.1. The number of aromatic hydroxyl groups is 1. The van der Waals surface area contributed by atoms with E-state index in [9.17, 15) is 20.0 Å². The number of phenols is 1. The van der Waals surface area contributed by atoms with Crippen LogP contribution in [0.15, 0.2) is 47.6 Å². The van der Waals surface area contributed by atoms with E-state index < -0.39 is 10.8 Å². The van der Waals surface area contributed by atoms with Crippen LogP contribution < -0.4 is 5.43 Å². The van der Waals surface area contributed by atoms with Crippen molar-refractivity contribution < 1.29 is 14.8 Å². The highest BCUT2D eigenvalue weighted by Crippen LogP contribution is 2.26. The van der Waals surface area contributed by atoms with Crippen LogP contribution >= 0.6 is 0 Å². The predicted molar refractivity (Wildman–Crippen MR) is 95.0 cm³/mol. The third-order valence-electron chi connectivity index (χ3n) is 3.61. The molecule has 130 valence electrons. The Morgan fingerprint density at radius 1 is 1.24 bits per heavy atom. The van der Waals surface area contributed by atoms with E-state index in [0.29, 0.717) is 5.56 Å². The second kappa shape index (κ2) is 7.12. The summed E-state index contributed by atoms with van der Waals surface area (Å²) >= 11 is 0. The topological polar surface area (TPSA) is 105 Å². The number of amides is 1. The molecule has 2 N–H and O–H groups in total. The van der Waals surface area contributed by atoms with Crippen LogP contribution in [-0.4, -0.2) is 22.2 Å². The first-order chi connectivity index (χ1) is 11.7. The number of hydrogen-bond donors (Lipinski definition) is 2.